The van der Waals surface area contributed by atoms with Crippen molar-refractivity contribution in [1.29, 1.82) is 0 Å². The zero-order valence-corrected chi connectivity index (χ0v) is 13.9. The molecule has 0 atom stereocenters. The molecule has 1 aliphatic heterocycles. The first-order valence-electron chi connectivity index (χ1n) is 7.87. The van der Waals surface area contributed by atoms with E-state index < -0.39 is 41.7 Å². The van der Waals surface area contributed by atoms with Crippen LogP contribution in [0.5, 0.6) is 11.6 Å². The molecule has 0 N–H and O–H groups in total. The first-order valence-corrected chi connectivity index (χ1v) is 7.87. The number of ether oxygens (including phenoxy) is 2. The lowest BCUT2D eigenvalue weighted by Crippen LogP contribution is -2.56. The molecule has 5 nitrogen and oxygen atoms in total. The van der Waals surface area contributed by atoms with Crippen molar-refractivity contribution in [3.05, 3.63) is 53.7 Å². The van der Waals surface area contributed by atoms with Crippen LogP contribution in [-0.4, -0.2) is 41.3 Å². The molecule has 0 radical (unpaired) electrons. The van der Waals surface area contributed by atoms with Crippen LogP contribution in [0.3, 0.4) is 0 Å². The second kappa shape index (κ2) is 7.21. The van der Waals surface area contributed by atoms with Crippen molar-refractivity contribution < 1.29 is 40.6 Å². The molecule has 28 heavy (non-hydrogen) atoms. The number of nitrogens with zero attached hydrogens (tertiary/aromatic N) is 2. The van der Waals surface area contributed by atoms with Gasteiger partial charge in [-0.1, -0.05) is 0 Å². The molecular weight excluding hydrogens is 394 g/mol. The summed E-state index contributed by atoms with van der Waals surface area (Å²) < 4.78 is 84.1. The molecule has 0 unspecified atom stereocenters. The summed E-state index contributed by atoms with van der Waals surface area (Å²) in [4.78, 5) is 17.1. The van der Waals surface area contributed by atoms with E-state index in [9.17, 15) is 31.1 Å². The van der Waals surface area contributed by atoms with Crippen LogP contribution in [0.1, 0.15) is 15.9 Å². The van der Waals surface area contributed by atoms with Crippen molar-refractivity contribution in [3.63, 3.8) is 0 Å². The molecule has 1 saturated heterocycles. The van der Waals surface area contributed by atoms with Gasteiger partial charge in [-0.15, -0.1) is 13.2 Å². The zero-order valence-electron chi connectivity index (χ0n) is 13.9. The topological polar surface area (TPSA) is 51.7 Å². The Bertz CT molecular complexity index is 845. The molecule has 0 bridgehead atoms. The molecular formula is C17H12F6N2O3. The number of aromatic nitrogens is 1. The van der Waals surface area contributed by atoms with E-state index in [1.165, 1.54) is 4.90 Å². The Balaban J connectivity index is 1.58. The third kappa shape index (κ3) is 4.65. The Kier molecular flexibility index (Phi) is 5.09. The fourth-order valence-corrected chi connectivity index (χ4v) is 2.52. The quantitative estimate of drug-likeness (QED) is 0.723. The highest BCUT2D eigenvalue weighted by Crippen LogP contribution is 2.35. The lowest BCUT2D eigenvalue weighted by Gasteiger charge is -2.39. The Morgan fingerprint density at radius 2 is 1.68 bits per heavy atom. The predicted molar refractivity (Wildman–Crippen MR) is 82.7 cm³/mol. The van der Waals surface area contributed by atoms with E-state index in [2.05, 4.69) is 9.72 Å². The smallest absolute Gasteiger partial charge is 0.470 e. The molecule has 11 heteroatoms. The van der Waals surface area contributed by atoms with Gasteiger partial charge in [0.1, 0.15) is 17.4 Å². The van der Waals surface area contributed by atoms with Gasteiger partial charge in [0.05, 0.1) is 13.1 Å². The third-order valence-electron chi connectivity index (χ3n) is 3.82. The van der Waals surface area contributed by atoms with Gasteiger partial charge in [0, 0.05) is 11.8 Å². The number of rotatable bonds is 4. The van der Waals surface area contributed by atoms with Crippen LogP contribution in [0.2, 0.25) is 0 Å². The molecule has 0 spiro atoms. The largest absolute Gasteiger partial charge is 0.573 e. The number of amides is 1. The van der Waals surface area contributed by atoms with Gasteiger partial charge in [-0.25, -0.2) is 4.98 Å². The highest BCUT2D eigenvalue weighted by atomic mass is 19.4. The molecule has 1 amide bonds. The van der Waals surface area contributed by atoms with Crippen molar-refractivity contribution in [2.45, 2.75) is 18.6 Å². The summed E-state index contributed by atoms with van der Waals surface area (Å²) in [6, 6.07) is 6.30. The minimum atomic E-state index is -4.84. The summed E-state index contributed by atoms with van der Waals surface area (Å²) in [6.45, 7) is 0.0427. The Labute approximate surface area is 154 Å². The SMILES string of the molecule is O=C(c1ccc(OC(F)(F)F)cc1)N1CC(Oc2ncccc2C(F)(F)F)C1. The van der Waals surface area contributed by atoms with Crippen LogP contribution in [0, 0.1) is 0 Å². The number of likely N-dealkylation sites (tertiary alicyclic amines) is 1. The van der Waals surface area contributed by atoms with Gasteiger partial charge in [0.25, 0.3) is 5.91 Å². The molecule has 1 fully saturated rings. The number of alkyl halides is 6. The van der Waals surface area contributed by atoms with Crippen molar-refractivity contribution >= 4 is 5.91 Å². The summed E-state index contributed by atoms with van der Waals surface area (Å²) in [5.74, 6) is -1.53. The first-order chi connectivity index (χ1) is 13.0. The molecule has 1 aromatic heterocycles. The lowest BCUT2D eigenvalue weighted by molar-refractivity contribution is -0.274. The average Bonchev–Trinajstić information content (AvgIpc) is 2.56. The van der Waals surface area contributed by atoms with E-state index in [1.807, 2.05) is 0 Å². The fourth-order valence-electron chi connectivity index (χ4n) is 2.52. The van der Waals surface area contributed by atoms with Crippen molar-refractivity contribution in [1.82, 2.24) is 9.88 Å². The number of carbonyl (C=O) groups is 1. The van der Waals surface area contributed by atoms with E-state index in [1.54, 1.807) is 0 Å². The average molecular weight is 406 g/mol. The maximum absolute atomic E-state index is 12.9. The van der Waals surface area contributed by atoms with Crippen LogP contribution in [-0.2, 0) is 6.18 Å². The molecule has 0 aliphatic carbocycles. The predicted octanol–water partition coefficient (Wildman–Crippen LogP) is 3.90. The van der Waals surface area contributed by atoms with Gasteiger partial charge >= 0.3 is 12.5 Å². The number of carbonyl (C=O) groups excluding carboxylic acids is 1. The van der Waals surface area contributed by atoms with Gasteiger partial charge in [-0.2, -0.15) is 13.2 Å². The van der Waals surface area contributed by atoms with Gasteiger partial charge in [-0.3, -0.25) is 4.79 Å². The summed E-state index contributed by atoms with van der Waals surface area (Å²) >= 11 is 0. The highest BCUT2D eigenvalue weighted by Gasteiger charge is 2.38. The zero-order chi connectivity index (χ0) is 20.5. The number of benzene rings is 1. The summed E-state index contributed by atoms with van der Waals surface area (Å²) in [7, 11) is 0. The molecule has 0 saturated carbocycles. The lowest BCUT2D eigenvalue weighted by atomic mass is 10.1. The van der Waals surface area contributed by atoms with Gasteiger partial charge in [0.2, 0.25) is 5.88 Å². The Morgan fingerprint density at radius 3 is 2.25 bits per heavy atom. The second-order valence-corrected chi connectivity index (χ2v) is 5.88. The van der Waals surface area contributed by atoms with Gasteiger partial charge in [-0.05, 0) is 36.4 Å². The second-order valence-electron chi connectivity index (χ2n) is 5.88. The first kappa shape index (κ1) is 19.8. The maximum atomic E-state index is 12.9. The van der Waals surface area contributed by atoms with Gasteiger partial charge in [0.15, 0.2) is 0 Å². The van der Waals surface area contributed by atoms with E-state index >= 15 is 0 Å². The van der Waals surface area contributed by atoms with Crippen molar-refractivity contribution in [3.8, 4) is 11.6 Å². The molecule has 3 rings (SSSR count). The van der Waals surface area contributed by atoms with E-state index in [0.29, 0.717) is 0 Å². The van der Waals surface area contributed by atoms with E-state index in [4.69, 9.17) is 4.74 Å². The number of hydrogen-bond acceptors (Lipinski definition) is 4. The number of halogens is 6. The maximum Gasteiger partial charge on any atom is 0.573 e. The minimum Gasteiger partial charge on any atom is -0.470 e. The van der Waals surface area contributed by atoms with Crippen LogP contribution in [0.15, 0.2) is 42.6 Å². The third-order valence-corrected chi connectivity index (χ3v) is 3.82. The fraction of sp³-hybridized carbons (Fsp3) is 0.294. The summed E-state index contributed by atoms with van der Waals surface area (Å²) in [5, 5.41) is 0. The normalized spacial score (nSPS) is 15.1. The number of pyridine rings is 1. The molecule has 1 aliphatic rings. The van der Waals surface area contributed by atoms with Crippen LogP contribution < -0.4 is 9.47 Å². The monoisotopic (exact) mass is 406 g/mol. The highest BCUT2D eigenvalue weighted by molar-refractivity contribution is 5.94. The minimum absolute atomic E-state index is 0.0213. The van der Waals surface area contributed by atoms with Crippen LogP contribution in [0.25, 0.3) is 0 Å². The molecule has 2 aromatic rings. The molecule has 150 valence electrons. The summed E-state index contributed by atoms with van der Waals surface area (Å²) in [5.41, 5.74) is -0.901. The Morgan fingerprint density at radius 1 is 1.04 bits per heavy atom. The Hall–Kier alpha value is -2.98. The van der Waals surface area contributed by atoms with Gasteiger partial charge < -0.3 is 14.4 Å². The van der Waals surface area contributed by atoms with E-state index in [0.717, 1.165) is 42.6 Å². The van der Waals surface area contributed by atoms with Crippen molar-refractivity contribution in [2.75, 3.05) is 13.1 Å². The van der Waals surface area contributed by atoms with Crippen LogP contribution in [0.4, 0.5) is 26.3 Å². The van der Waals surface area contributed by atoms with Crippen molar-refractivity contribution in [2.24, 2.45) is 0 Å². The molecule has 2 heterocycles. The number of hydrogen-bond donors (Lipinski definition) is 0. The summed E-state index contributed by atoms with van der Waals surface area (Å²) in [6.07, 6.45) is -8.97. The standard InChI is InChI=1S/C17H12F6N2O3/c18-16(19,20)13-2-1-7-24-14(13)27-12-8-25(9-12)15(26)10-3-5-11(6-4-10)28-17(21,22)23/h1-7,12H,8-9H2. The van der Waals surface area contributed by atoms with E-state index in [-0.39, 0.29) is 18.7 Å². The molecule has 1 aromatic carbocycles. The van der Waals surface area contributed by atoms with Crippen LogP contribution >= 0.6 is 0 Å².